The van der Waals surface area contributed by atoms with Crippen molar-refractivity contribution in [1.82, 2.24) is 0 Å². The molecule has 1 nitrogen and oxygen atoms in total. The quantitative estimate of drug-likeness (QED) is 0.560. The number of fused-ring (bicyclic) bond motifs is 1. The van der Waals surface area contributed by atoms with Crippen LogP contribution in [-0.4, -0.2) is 12.3 Å². The molecule has 0 amide bonds. The van der Waals surface area contributed by atoms with E-state index in [0.29, 0.717) is 6.42 Å². The van der Waals surface area contributed by atoms with Gasteiger partial charge in [-0.1, -0.05) is 61.7 Å². The molecule has 0 radical (unpaired) electrons. The molecular formula is C18H17F3O. The van der Waals surface area contributed by atoms with Crippen LogP contribution in [0, 0.1) is 5.92 Å². The van der Waals surface area contributed by atoms with Gasteiger partial charge in [-0.2, -0.15) is 13.2 Å². The fourth-order valence-electron chi connectivity index (χ4n) is 2.37. The number of allylic oxidation sites excluding steroid dienone is 4. The van der Waals surface area contributed by atoms with Gasteiger partial charge in [-0.3, -0.25) is 0 Å². The maximum atomic E-state index is 12.6. The van der Waals surface area contributed by atoms with Crippen LogP contribution in [0.15, 0.2) is 73.4 Å². The molecule has 4 heteroatoms. The monoisotopic (exact) mass is 306 g/mol. The Labute approximate surface area is 128 Å². The van der Waals surface area contributed by atoms with Crippen molar-refractivity contribution >= 4 is 0 Å². The summed E-state index contributed by atoms with van der Waals surface area (Å²) < 4.78 is 43.6. The van der Waals surface area contributed by atoms with Crippen LogP contribution < -0.4 is 4.74 Å². The molecule has 2 rings (SSSR count). The summed E-state index contributed by atoms with van der Waals surface area (Å²) in [5.74, 6) is 0.748. The van der Waals surface area contributed by atoms with E-state index < -0.39 is 11.7 Å². The van der Waals surface area contributed by atoms with Crippen molar-refractivity contribution in [2.45, 2.75) is 18.7 Å². The van der Waals surface area contributed by atoms with E-state index in [0.717, 1.165) is 23.5 Å². The van der Waals surface area contributed by atoms with Crippen molar-refractivity contribution in [3.63, 3.8) is 0 Å². The molecule has 2 atom stereocenters. The first-order valence-corrected chi connectivity index (χ1v) is 6.91. The van der Waals surface area contributed by atoms with Gasteiger partial charge in [0.25, 0.3) is 0 Å². The van der Waals surface area contributed by atoms with Crippen LogP contribution in [0.5, 0.6) is 5.75 Å². The fraction of sp³-hybridized carbons (Fsp3) is 0.222. The van der Waals surface area contributed by atoms with Crippen LogP contribution in [0.25, 0.3) is 0 Å². The first kappa shape index (κ1) is 16.1. The molecule has 1 aliphatic heterocycles. The second kappa shape index (κ2) is 6.69. The molecule has 1 heterocycles. The van der Waals surface area contributed by atoms with E-state index in [1.807, 2.05) is 24.3 Å². The predicted molar refractivity (Wildman–Crippen MR) is 81.7 cm³/mol. The Balaban J connectivity index is 2.18. The Morgan fingerprint density at radius 1 is 1.23 bits per heavy atom. The Bertz CT molecular complexity index is 611. The minimum Gasteiger partial charge on any atom is -0.485 e. The first-order valence-electron chi connectivity index (χ1n) is 6.91. The molecule has 0 fully saturated rings. The zero-order valence-electron chi connectivity index (χ0n) is 12.0. The minimum atomic E-state index is -4.39. The maximum Gasteiger partial charge on any atom is 0.416 e. The van der Waals surface area contributed by atoms with E-state index in [2.05, 4.69) is 13.2 Å². The van der Waals surface area contributed by atoms with Crippen LogP contribution >= 0.6 is 0 Å². The van der Waals surface area contributed by atoms with Gasteiger partial charge >= 0.3 is 6.18 Å². The molecule has 0 aliphatic carbocycles. The lowest BCUT2D eigenvalue weighted by molar-refractivity contribution is -0.0881. The van der Waals surface area contributed by atoms with E-state index in [-0.39, 0.29) is 12.0 Å². The van der Waals surface area contributed by atoms with Gasteiger partial charge in [-0.05, 0) is 18.1 Å². The number of benzene rings is 1. The molecule has 0 saturated carbocycles. The van der Waals surface area contributed by atoms with Gasteiger partial charge < -0.3 is 4.74 Å². The Kier molecular flexibility index (Phi) is 4.91. The summed E-state index contributed by atoms with van der Waals surface area (Å²) in [6.45, 7) is 6.93. The van der Waals surface area contributed by atoms with Crippen molar-refractivity contribution in [3.05, 3.63) is 78.9 Å². The Morgan fingerprint density at radius 2 is 1.95 bits per heavy atom. The highest BCUT2D eigenvalue weighted by molar-refractivity contribution is 5.37. The van der Waals surface area contributed by atoms with E-state index in [9.17, 15) is 13.2 Å². The van der Waals surface area contributed by atoms with Crippen molar-refractivity contribution in [2.75, 3.05) is 0 Å². The maximum absolute atomic E-state index is 12.6. The number of ether oxygens (including phenoxy) is 1. The van der Waals surface area contributed by atoms with Crippen LogP contribution in [0.1, 0.15) is 5.56 Å². The molecule has 0 saturated heterocycles. The third-order valence-electron chi connectivity index (χ3n) is 3.53. The number of halogens is 3. The van der Waals surface area contributed by atoms with Gasteiger partial charge in [0.05, 0.1) is 5.57 Å². The summed E-state index contributed by atoms with van der Waals surface area (Å²) >= 11 is 0. The van der Waals surface area contributed by atoms with Crippen LogP contribution in [0.4, 0.5) is 13.2 Å². The van der Waals surface area contributed by atoms with Gasteiger partial charge in [-0.15, -0.1) is 0 Å². The van der Waals surface area contributed by atoms with E-state index in [4.69, 9.17) is 4.74 Å². The number of hydrogen-bond acceptors (Lipinski definition) is 1. The summed E-state index contributed by atoms with van der Waals surface area (Å²) in [6, 6.07) is 7.63. The lowest BCUT2D eigenvalue weighted by Crippen LogP contribution is -2.29. The SMILES string of the molecule is C=C/C(=C\C=C\C1Cc2ccccc2OC1C=C)C(F)(F)F. The smallest absolute Gasteiger partial charge is 0.416 e. The second-order valence-corrected chi connectivity index (χ2v) is 5.00. The first-order chi connectivity index (χ1) is 10.5. The molecule has 22 heavy (non-hydrogen) atoms. The van der Waals surface area contributed by atoms with Crippen molar-refractivity contribution < 1.29 is 17.9 Å². The number of rotatable bonds is 4. The highest BCUT2D eigenvalue weighted by Crippen LogP contribution is 2.32. The van der Waals surface area contributed by atoms with Gasteiger partial charge in [0.15, 0.2) is 0 Å². The fourth-order valence-corrected chi connectivity index (χ4v) is 2.37. The molecule has 116 valence electrons. The molecule has 2 unspecified atom stereocenters. The van der Waals surface area contributed by atoms with Gasteiger partial charge in [0.1, 0.15) is 11.9 Å². The number of para-hydroxylation sites is 1. The zero-order valence-corrected chi connectivity index (χ0v) is 12.0. The van der Waals surface area contributed by atoms with Crippen LogP contribution in [-0.2, 0) is 6.42 Å². The van der Waals surface area contributed by atoms with Gasteiger partial charge in [-0.25, -0.2) is 0 Å². The molecule has 0 bridgehead atoms. The van der Waals surface area contributed by atoms with E-state index in [1.165, 1.54) is 6.08 Å². The molecule has 1 aromatic rings. The summed E-state index contributed by atoms with van der Waals surface area (Å²) in [5, 5.41) is 0. The van der Waals surface area contributed by atoms with E-state index in [1.54, 1.807) is 12.2 Å². The topological polar surface area (TPSA) is 9.23 Å². The van der Waals surface area contributed by atoms with Crippen molar-refractivity contribution in [1.29, 1.82) is 0 Å². The zero-order chi connectivity index (χ0) is 16.2. The van der Waals surface area contributed by atoms with Crippen LogP contribution in [0.2, 0.25) is 0 Å². The van der Waals surface area contributed by atoms with E-state index >= 15 is 0 Å². The molecular weight excluding hydrogens is 289 g/mol. The molecule has 1 aliphatic rings. The largest absolute Gasteiger partial charge is 0.485 e. The third kappa shape index (κ3) is 3.70. The van der Waals surface area contributed by atoms with Crippen molar-refractivity contribution in [2.24, 2.45) is 5.92 Å². The summed E-state index contributed by atoms with van der Waals surface area (Å²) in [5.41, 5.74) is 0.273. The Morgan fingerprint density at radius 3 is 2.59 bits per heavy atom. The lowest BCUT2D eigenvalue weighted by atomic mass is 9.90. The lowest BCUT2D eigenvalue weighted by Gasteiger charge is -2.30. The summed E-state index contributed by atoms with van der Waals surface area (Å²) in [7, 11) is 0. The number of hydrogen-bond donors (Lipinski definition) is 0. The summed E-state index contributed by atoms with van der Waals surface area (Å²) in [6.07, 6.45) is 2.69. The summed E-state index contributed by atoms with van der Waals surface area (Å²) in [4.78, 5) is 0. The van der Waals surface area contributed by atoms with Gasteiger partial charge in [0.2, 0.25) is 0 Å². The normalized spacial score (nSPS) is 22.0. The predicted octanol–water partition coefficient (Wildman–Crippen LogP) is 5.02. The van der Waals surface area contributed by atoms with Crippen LogP contribution in [0.3, 0.4) is 0 Å². The second-order valence-electron chi connectivity index (χ2n) is 5.00. The molecule has 1 aromatic carbocycles. The average Bonchev–Trinajstić information content (AvgIpc) is 2.49. The minimum absolute atomic E-state index is 0.0528. The van der Waals surface area contributed by atoms with Gasteiger partial charge in [0, 0.05) is 5.92 Å². The Hall–Kier alpha value is -2.23. The molecule has 0 spiro atoms. The molecule has 0 aromatic heterocycles. The number of alkyl halides is 3. The van der Waals surface area contributed by atoms with Crippen molar-refractivity contribution in [3.8, 4) is 5.75 Å². The molecule has 0 N–H and O–H groups in total. The average molecular weight is 306 g/mol. The third-order valence-corrected chi connectivity index (χ3v) is 3.53. The standard InChI is InChI=1S/C18H17F3O/c1-3-15(18(19,20)21)10-7-9-13-12-14-8-5-6-11-17(14)22-16(13)4-2/h3-11,13,16H,1-2,12H2/b9-7+,15-10+. The highest BCUT2D eigenvalue weighted by Gasteiger charge is 2.31. The highest BCUT2D eigenvalue weighted by atomic mass is 19.4.